The van der Waals surface area contributed by atoms with Gasteiger partial charge in [-0.25, -0.2) is 9.68 Å². The molecule has 0 spiro atoms. The first kappa shape index (κ1) is 5.78. The average Bonchev–Trinajstić information content (AvgIpc) is 2.59. The molecule has 0 aromatic carbocycles. The Hall–Kier alpha value is -0.980. The Bertz CT molecular complexity index is 153. The summed E-state index contributed by atoms with van der Waals surface area (Å²) in [7, 11) is 0. The minimum absolute atomic E-state index is 0.359. The lowest BCUT2D eigenvalue weighted by Crippen LogP contribution is -2.18. The van der Waals surface area contributed by atoms with Crippen LogP contribution in [0.15, 0.2) is 12.1 Å². The highest BCUT2D eigenvalue weighted by molar-refractivity contribution is 4.81. The van der Waals surface area contributed by atoms with Crippen molar-refractivity contribution >= 4 is 0 Å². The minimum Gasteiger partial charge on any atom is -0.375 e. The van der Waals surface area contributed by atoms with Crippen molar-refractivity contribution in [2.45, 2.75) is 0 Å². The van der Waals surface area contributed by atoms with E-state index in [1.807, 2.05) is 0 Å². The largest absolute Gasteiger partial charge is 0.375 e. The van der Waals surface area contributed by atoms with E-state index in [0.717, 1.165) is 5.23 Å². The van der Waals surface area contributed by atoms with Gasteiger partial charge in [0.25, 0.3) is 0 Å². The molecule has 0 aromatic heterocycles. The highest BCUT2D eigenvalue weighted by Crippen LogP contribution is 2.13. The molecule has 0 unspecified atom stereocenters. The van der Waals surface area contributed by atoms with E-state index in [4.69, 9.17) is 14.5 Å². The first-order valence-electron chi connectivity index (χ1n) is 2.80. The molecule has 2 heterocycles. The third-order valence-corrected chi connectivity index (χ3v) is 1.03. The van der Waals surface area contributed by atoms with Crippen LogP contribution in [0, 0.1) is 0 Å². The van der Waals surface area contributed by atoms with Gasteiger partial charge in [-0.05, 0) is 0 Å². The summed E-state index contributed by atoms with van der Waals surface area (Å²) < 4.78 is 0. The molecular weight excluding hydrogens is 140 g/mol. The molecule has 6 heteroatoms. The van der Waals surface area contributed by atoms with Gasteiger partial charge < -0.3 is 9.68 Å². The van der Waals surface area contributed by atoms with E-state index in [9.17, 15) is 0 Å². The van der Waals surface area contributed by atoms with E-state index < -0.39 is 0 Å². The Balaban J connectivity index is 1.97. The molecule has 0 amide bonds. The first-order valence-corrected chi connectivity index (χ1v) is 2.80. The Morgan fingerprint density at radius 3 is 2.80 bits per heavy atom. The second-order valence-electron chi connectivity index (χ2n) is 1.68. The monoisotopic (exact) mass is 146 g/mol. The second kappa shape index (κ2) is 2.33. The van der Waals surface area contributed by atoms with Crippen LogP contribution in [0.3, 0.4) is 0 Å². The highest BCUT2D eigenvalue weighted by Gasteiger charge is 2.22. The maximum atomic E-state index is 4.93. The minimum atomic E-state index is 0.359. The van der Waals surface area contributed by atoms with Crippen LogP contribution in [0.4, 0.5) is 0 Å². The topological polar surface area (TPSA) is 52.2 Å². The first-order chi connectivity index (χ1) is 4.97. The normalized spacial score (nSPS) is 24.0. The Kier molecular flexibility index (Phi) is 1.35. The molecule has 2 rings (SSSR count). The van der Waals surface area contributed by atoms with Crippen LogP contribution in [-0.2, 0) is 19.4 Å². The molecule has 0 bridgehead atoms. The molecule has 1 saturated heterocycles. The van der Waals surface area contributed by atoms with E-state index in [2.05, 4.69) is 10.5 Å². The lowest BCUT2D eigenvalue weighted by Gasteiger charge is -2.10. The zero-order chi connectivity index (χ0) is 6.81. The fraction of sp³-hybridized carbons (Fsp3) is 0.500. The van der Waals surface area contributed by atoms with Gasteiger partial charge in [0.1, 0.15) is 13.2 Å². The van der Waals surface area contributed by atoms with E-state index in [-0.39, 0.29) is 0 Å². The third kappa shape index (κ3) is 0.878. The molecule has 2 aliphatic rings. The number of nitrogens with one attached hydrogen (secondary N) is 1. The van der Waals surface area contributed by atoms with Gasteiger partial charge in [-0.15, -0.1) is 0 Å². The molecule has 0 radical (unpaired) electrons. The fourth-order valence-electron chi connectivity index (χ4n) is 0.650. The van der Waals surface area contributed by atoms with Gasteiger partial charge in [-0.3, -0.25) is 0 Å². The summed E-state index contributed by atoms with van der Waals surface area (Å²) in [6.07, 6.45) is 1.34. The van der Waals surface area contributed by atoms with Crippen LogP contribution < -0.4 is 5.64 Å². The number of nitrogens with zero attached hydrogens (tertiary/aromatic N) is 1. The van der Waals surface area contributed by atoms with E-state index >= 15 is 0 Å². The van der Waals surface area contributed by atoms with Gasteiger partial charge in [0.15, 0.2) is 6.26 Å². The molecule has 10 heavy (non-hydrogen) atoms. The predicted molar refractivity (Wildman–Crippen MR) is 27.1 cm³/mol. The Morgan fingerprint density at radius 2 is 2.20 bits per heavy atom. The van der Waals surface area contributed by atoms with Crippen LogP contribution in [0.25, 0.3) is 0 Å². The van der Waals surface area contributed by atoms with Crippen LogP contribution in [0.2, 0.25) is 0 Å². The summed E-state index contributed by atoms with van der Waals surface area (Å²) in [5.41, 5.74) is 2.15. The highest BCUT2D eigenvalue weighted by atomic mass is 17.0. The SMILES string of the molecule is C1=C(N2OCCO2)ONO1. The second-order valence-corrected chi connectivity index (χ2v) is 1.68. The van der Waals surface area contributed by atoms with Crippen LogP contribution >= 0.6 is 0 Å². The van der Waals surface area contributed by atoms with Gasteiger partial charge in [-0.1, -0.05) is 5.23 Å². The smallest absolute Gasteiger partial charge is 0.306 e. The van der Waals surface area contributed by atoms with Gasteiger partial charge in [0, 0.05) is 5.64 Å². The number of hydrogen-bond donors (Lipinski definition) is 1. The van der Waals surface area contributed by atoms with E-state index in [0.29, 0.717) is 19.1 Å². The third-order valence-electron chi connectivity index (χ3n) is 1.03. The fourth-order valence-corrected chi connectivity index (χ4v) is 0.650. The predicted octanol–water partition coefficient (Wildman–Crippen LogP) is -0.570. The average molecular weight is 146 g/mol. The molecule has 0 aromatic rings. The van der Waals surface area contributed by atoms with Crippen molar-refractivity contribution in [1.29, 1.82) is 0 Å². The summed E-state index contributed by atoms with van der Waals surface area (Å²) in [5, 5.41) is 1.15. The molecule has 2 aliphatic heterocycles. The summed E-state index contributed by atoms with van der Waals surface area (Å²) in [5.74, 6) is 0.359. The Morgan fingerprint density at radius 1 is 1.40 bits per heavy atom. The Labute approximate surface area is 56.7 Å². The molecule has 56 valence electrons. The molecule has 0 saturated carbocycles. The summed E-state index contributed by atoms with van der Waals surface area (Å²) >= 11 is 0. The van der Waals surface area contributed by atoms with Crippen molar-refractivity contribution in [3.8, 4) is 0 Å². The maximum absolute atomic E-state index is 4.93. The molecule has 0 atom stereocenters. The van der Waals surface area contributed by atoms with Gasteiger partial charge >= 0.3 is 5.88 Å². The van der Waals surface area contributed by atoms with Crippen LogP contribution in [-0.4, -0.2) is 18.4 Å². The zero-order valence-corrected chi connectivity index (χ0v) is 5.07. The summed E-state index contributed by atoms with van der Waals surface area (Å²) in [6, 6.07) is 0. The number of rotatable bonds is 1. The summed E-state index contributed by atoms with van der Waals surface area (Å²) in [6.45, 7) is 1.06. The van der Waals surface area contributed by atoms with Crippen molar-refractivity contribution in [1.82, 2.24) is 10.9 Å². The quantitative estimate of drug-likeness (QED) is 0.534. The molecule has 6 nitrogen and oxygen atoms in total. The van der Waals surface area contributed by atoms with Crippen molar-refractivity contribution in [2.24, 2.45) is 0 Å². The number of hydrogen-bond acceptors (Lipinski definition) is 6. The van der Waals surface area contributed by atoms with Crippen LogP contribution in [0.5, 0.6) is 0 Å². The zero-order valence-electron chi connectivity index (χ0n) is 5.07. The lowest BCUT2D eigenvalue weighted by molar-refractivity contribution is -0.302. The molecule has 0 aliphatic carbocycles. The van der Waals surface area contributed by atoms with Crippen molar-refractivity contribution < 1.29 is 19.4 Å². The molecule has 1 N–H and O–H groups in total. The van der Waals surface area contributed by atoms with Gasteiger partial charge in [0.05, 0.1) is 0 Å². The lowest BCUT2D eigenvalue weighted by atomic mass is 10.8. The van der Waals surface area contributed by atoms with E-state index in [1.165, 1.54) is 6.26 Å². The van der Waals surface area contributed by atoms with Gasteiger partial charge in [-0.2, -0.15) is 0 Å². The molecule has 1 fully saturated rings. The maximum Gasteiger partial charge on any atom is 0.306 e. The van der Waals surface area contributed by atoms with E-state index in [1.54, 1.807) is 0 Å². The number of hydroxylamine groups is 2. The van der Waals surface area contributed by atoms with Crippen molar-refractivity contribution in [2.75, 3.05) is 13.2 Å². The summed E-state index contributed by atoms with van der Waals surface area (Å²) in [4.78, 5) is 19.1. The van der Waals surface area contributed by atoms with Crippen molar-refractivity contribution in [3.05, 3.63) is 12.1 Å². The van der Waals surface area contributed by atoms with Crippen LogP contribution in [0.1, 0.15) is 0 Å². The van der Waals surface area contributed by atoms with Crippen molar-refractivity contribution in [3.63, 3.8) is 0 Å². The van der Waals surface area contributed by atoms with Gasteiger partial charge in [0.2, 0.25) is 0 Å². The standard InChI is InChI=1S/C4H6N2O4/c1-2-9-6(8-1)4-3-7-5-10-4/h3,5H,1-2H2. The molecular formula is C4H6N2O4.